The zero-order valence-electron chi connectivity index (χ0n) is 14.5. The van der Waals surface area contributed by atoms with E-state index in [-0.39, 0.29) is 12.2 Å². The van der Waals surface area contributed by atoms with E-state index < -0.39 is 0 Å². The van der Waals surface area contributed by atoms with Gasteiger partial charge in [-0.3, -0.25) is 9.78 Å². The minimum absolute atomic E-state index is 0.0439. The second-order valence-corrected chi connectivity index (χ2v) is 7.64. The zero-order valence-corrected chi connectivity index (χ0v) is 16.1. The number of rotatable bonds is 5. The summed E-state index contributed by atoms with van der Waals surface area (Å²) in [6.07, 6.45) is 5.45. The summed E-state index contributed by atoms with van der Waals surface area (Å²) in [7, 11) is 3.93. The second kappa shape index (κ2) is 6.56. The normalized spacial score (nSPS) is 14.0. The quantitative estimate of drug-likeness (QED) is 0.607. The van der Waals surface area contributed by atoms with E-state index >= 15 is 0 Å². The van der Waals surface area contributed by atoms with Crippen molar-refractivity contribution in [2.75, 3.05) is 19.0 Å². The molecular weight excluding hydrogens is 371 g/mol. The number of fused-ring (bicyclic) bond motifs is 1. The number of pyridine rings is 2. The summed E-state index contributed by atoms with van der Waals surface area (Å²) in [5.41, 5.74) is 3.10. The molecule has 0 bridgehead atoms. The molecule has 4 rings (SSSR count). The summed E-state index contributed by atoms with van der Waals surface area (Å²) in [4.78, 5) is 18.9. The summed E-state index contributed by atoms with van der Waals surface area (Å²) >= 11 is 12.4. The SMILES string of the molecule is CN(C)c1ccc(C(=O)Cc2c(Cl)cncc2Cl)c2cc(C3CC3)nn12. The Labute approximate surface area is 161 Å². The lowest BCUT2D eigenvalue weighted by Crippen LogP contribution is -2.15. The third-order valence-electron chi connectivity index (χ3n) is 4.66. The van der Waals surface area contributed by atoms with Crippen LogP contribution in [0.25, 0.3) is 5.52 Å². The molecule has 26 heavy (non-hydrogen) atoms. The van der Waals surface area contributed by atoms with E-state index in [0.29, 0.717) is 27.1 Å². The zero-order chi connectivity index (χ0) is 18.4. The van der Waals surface area contributed by atoms with Crippen LogP contribution in [0.15, 0.2) is 30.6 Å². The van der Waals surface area contributed by atoms with Gasteiger partial charge in [0.1, 0.15) is 5.82 Å². The van der Waals surface area contributed by atoms with Crippen LogP contribution in [0.3, 0.4) is 0 Å². The van der Waals surface area contributed by atoms with Crippen LogP contribution >= 0.6 is 23.2 Å². The molecule has 0 spiro atoms. The molecule has 5 nitrogen and oxygen atoms in total. The molecule has 0 N–H and O–H groups in total. The molecule has 3 aromatic rings. The fourth-order valence-electron chi connectivity index (χ4n) is 3.10. The first-order valence-electron chi connectivity index (χ1n) is 8.47. The first kappa shape index (κ1) is 17.3. The number of nitrogens with zero attached hydrogens (tertiary/aromatic N) is 4. The van der Waals surface area contributed by atoms with Crippen molar-refractivity contribution in [3.8, 4) is 0 Å². The average molecular weight is 389 g/mol. The highest BCUT2D eigenvalue weighted by molar-refractivity contribution is 6.36. The highest BCUT2D eigenvalue weighted by Crippen LogP contribution is 2.40. The smallest absolute Gasteiger partial charge is 0.169 e. The molecule has 7 heteroatoms. The van der Waals surface area contributed by atoms with E-state index in [1.165, 1.54) is 12.4 Å². The van der Waals surface area contributed by atoms with Crippen LogP contribution in [0.5, 0.6) is 0 Å². The highest BCUT2D eigenvalue weighted by atomic mass is 35.5. The summed E-state index contributed by atoms with van der Waals surface area (Å²) in [6, 6.07) is 5.81. The lowest BCUT2D eigenvalue weighted by Gasteiger charge is -2.15. The minimum Gasteiger partial charge on any atom is -0.363 e. The third kappa shape index (κ3) is 3.06. The minimum atomic E-state index is -0.0439. The van der Waals surface area contributed by atoms with Gasteiger partial charge in [-0.25, -0.2) is 4.52 Å². The molecule has 134 valence electrons. The predicted octanol–water partition coefficient (Wildman–Crippen LogP) is 4.40. The molecule has 0 aromatic carbocycles. The van der Waals surface area contributed by atoms with Gasteiger partial charge in [0.05, 0.1) is 21.3 Å². The summed E-state index contributed by atoms with van der Waals surface area (Å²) < 4.78 is 1.86. The van der Waals surface area contributed by atoms with Crippen LogP contribution in [0, 0.1) is 0 Å². The molecule has 0 amide bonds. The first-order valence-corrected chi connectivity index (χ1v) is 9.22. The number of hydrogen-bond donors (Lipinski definition) is 0. The first-order chi connectivity index (χ1) is 12.5. The number of anilines is 1. The Kier molecular flexibility index (Phi) is 4.37. The van der Waals surface area contributed by atoms with E-state index in [1.807, 2.05) is 41.7 Å². The van der Waals surface area contributed by atoms with E-state index in [9.17, 15) is 4.79 Å². The number of carbonyl (C=O) groups excluding carboxylic acids is 1. The Hall–Kier alpha value is -2.11. The topological polar surface area (TPSA) is 50.5 Å². The highest BCUT2D eigenvalue weighted by Gasteiger charge is 2.28. The molecule has 0 saturated heterocycles. The van der Waals surface area contributed by atoms with Crippen LogP contribution in [-0.2, 0) is 6.42 Å². The molecule has 1 aliphatic carbocycles. The monoisotopic (exact) mass is 388 g/mol. The average Bonchev–Trinajstić information content (AvgIpc) is 3.35. The van der Waals surface area contributed by atoms with Crippen LogP contribution < -0.4 is 4.90 Å². The van der Waals surface area contributed by atoms with Crippen molar-refractivity contribution >= 4 is 40.3 Å². The molecule has 3 heterocycles. The van der Waals surface area contributed by atoms with Gasteiger partial charge in [0.25, 0.3) is 0 Å². The van der Waals surface area contributed by atoms with Crippen molar-refractivity contribution in [1.82, 2.24) is 14.6 Å². The fourth-order valence-corrected chi connectivity index (χ4v) is 3.59. The van der Waals surface area contributed by atoms with Crippen molar-refractivity contribution in [1.29, 1.82) is 0 Å². The maximum absolute atomic E-state index is 13.0. The van der Waals surface area contributed by atoms with E-state index in [1.54, 1.807) is 0 Å². The molecular formula is C19H18Cl2N4O. The number of aromatic nitrogens is 3. The maximum Gasteiger partial charge on any atom is 0.169 e. The van der Waals surface area contributed by atoms with E-state index in [4.69, 9.17) is 28.3 Å². The van der Waals surface area contributed by atoms with Crippen LogP contribution in [-0.4, -0.2) is 34.5 Å². The molecule has 0 radical (unpaired) electrons. The van der Waals surface area contributed by atoms with Crippen molar-refractivity contribution in [2.24, 2.45) is 0 Å². The van der Waals surface area contributed by atoms with E-state index in [2.05, 4.69) is 4.98 Å². The molecule has 0 atom stereocenters. The number of carbonyl (C=O) groups is 1. The van der Waals surface area contributed by atoms with Gasteiger partial charge in [-0.2, -0.15) is 5.10 Å². The number of halogens is 2. The van der Waals surface area contributed by atoms with Crippen molar-refractivity contribution < 1.29 is 4.79 Å². The Morgan fingerprint density at radius 1 is 1.23 bits per heavy atom. The van der Waals surface area contributed by atoms with Gasteiger partial charge in [0.2, 0.25) is 0 Å². The molecule has 1 fully saturated rings. The molecule has 0 unspecified atom stereocenters. The van der Waals surface area contributed by atoms with Gasteiger partial charge in [-0.1, -0.05) is 23.2 Å². The summed E-state index contributed by atoms with van der Waals surface area (Å²) in [5.74, 6) is 1.40. The third-order valence-corrected chi connectivity index (χ3v) is 5.32. The number of Topliss-reactive ketones (excluding diaryl/α,β-unsaturated/α-hetero) is 1. The largest absolute Gasteiger partial charge is 0.363 e. The Morgan fingerprint density at radius 2 is 1.92 bits per heavy atom. The van der Waals surface area contributed by atoms with Gasteiger partial charge >= 0.3 is 0 Å². The van der Waals surface area contributed by atoms with Crippen molar-refractivity contribution in [3.63, 3.8) is 0 Å². The summed E-state index contributed by atoms with van der Waals surface area (Å²) in [5, 5.41) is 5.55. The molecule has 1 aliphatic rings. The van der Waals surface area contributed by atoms with Crippen molar-refractivity contribution in [3.05, 3.63) is 57.5 Å². The van der Waals surface area contributed by atoms with Crippen LogP contribution in [0.4, 0.5) is 5.82 Å². The van der Waals surface area contributed by atoms with Crippen LogP contribution in [0.1, 0.15) is 40.4 Å². The number of ketones is 1. The Bertz CT molecular complexity index is 988. The van der Waals surface area contributed by atoms with E-state index in [0.717, 1.165) is 29.9 Å². The number of hydrogen-bond acceptors (Lipinski definition) is 4. The van der Waals surface area contributed by atoms with Crippen LogP contribution in [0.2, 0.25) is 10.0 Å². The van der Waals surface area contributed by atoms with Crippen molar-refractivity contribution in [2.45, 2.75) is 25.2 Å². The van der Waals surface area contributed by atoms with Gasteiger partial charge in [0.15, 0.2) is 5.78 Å². The lowest BCUT2D eigenvalue weighted by molar-refractivity contribution is 0.0994. The van der Waals surface area contributed by atoms with Gasteiger partial charge in [-0.15, -0.1) is 0 Å². The maximum atomic E-state index is 13.0. The lowest BCUT2D eigenvalue weighted by atomic mass is 10.0. The molecule has 0 aliphatic heterocycles. The Morgan fingerprint density at radius 3 is 2.54 bits per heavy atom. The predicted molar refractivity (Wildman–Crippen MR) is 104 cm³/mol. The summed E-state index contributed by atoms with van der Waals surface area (Å²) in [6.45, 7) is 0. The second-order valence-electron chi connectivity index (χ2n) is 6.82. The fraction of sp³-hybridized carbons (Fsp3) is 0.316. The standard InChI is InChI=1S/C19H18Cl2N4O/c1-24(2)19-6-5-12(17-8-16(11-3-4-11)23-25(17)19)18(26)7-13-14(20)9-22-10-15(13)21/h5-6,8-11H,3-4,7H2,1-2H3. The molecule has 3 aromatic heterocycles. The van der Waals surface area contributed by atoms with Gasteiger partial charge < -0.3 is 4.90 Å². The van der Waals surface area contributed by atoms with Gasteiger partial charge in [-0.05, 0) is 31.0 Å². The molecule has 1 saturated carbocycles. The van der Waals surface area contributed by atoms with Gasteiger partial charge in [0, 0.05) is 50.0 Å². The Balaban J connectivity index is 1.78.